The van der Waals surface area contributed by atoms with Crippen molar-refractivity contribution in [2.45, 2.75) is 26.3 Å². The number of rotatable bonds is 4. The van der Waals surface area contributed by atoms with Gasteiger partial charge in [0.15, 0.2) is 0 Å². The molecule has 0 spiro atoms. The van der Waals surface area contributed by atoms with Crippen molar-refractivity contribution in [1.29, 1.82) is 0 Å². The number of aromatic hydroxyl groups is 2. The zero-order chi connectivity index (χ0) is 17.4. The Morgan fingerprint density at radius 2 is 1.79 bits per heavy atom. The average molecular weight is 325 g/mol. The van der Waals surface area contributed by atoms with E-state index in [2.05, 4.69) is 0 Å². The fraction of sp³-hybridized carbons (Fsp3) is 0.211. The third-order valence-electron chi connectivity index (χ3n) is 4.10. The quantitative estimate of drug-likeness (QED) is 0.679. The molecule has 1 aromatic heterocycles. The highest BCUT2D eigenvalue weighted by Crippen LogP contribution is 2.34. The predicted molar refractivity (Wildman–Crippen MR) is 91.9 cm³/mol. The molecule has 0 amide bonds. The van der Waals surface area contributed by atoms with Crippen LogP contribution in [0.3, 0.4) is 0 Å². The van der Waals surface area contributed by atoms with E-state index in [-0.39, 0.29) is 23.0 Å². The molecule has 0 fully saturated rings. The Labute approximate surface area is 139 Å². The van der Waals surface area contributed by atoms with Gasteiger partial charge in [0.2, 0.25) is 0 Å². The van der Waals surface area contributed by atoms with Crippen molar-refractivity contribution in [3.05, 3.63) is 59.3 Å². The second kappa shape index (κ2) is 5.92. The molecule has 0 aliphatic carbocycles. The lowest BCUT2D eigenvalue weighted by Crippen LogP contribution is -2.09. The molecule has 0 saturated heterocycles. The van der Waals surface area contributed by atoms with Crippen LogP contribution >= 0.6 is 0 Å². The van der Waals surface area contributed by atoms with Crippen LogP contribution in [0.4, 0.5) is 0 Å². The van der Waals surface area contributed by atoms with Gasteiger partial charge < -0.3 is 19.9 Å². The molecule has 0 aliphatic rings. The average Bonchev–Trinajstić information content (AvgIpc) is 2.81. The number of nitrogens with zero attached hydrogens (tertiary/aromatic N) is 1. The molecule has 24 heavy (non-hydrogen) atoms. The van der Waals surface area contributed by atoms with E-state index in [1.807, 2.05) is 24.5 Å². The summed E-state index contributed by atoms with van der Waals surface area (Å²) >= 11 is 0. The molecule has 0 aliphatic heterocycles. The third-order valence-corrected chi connectivity index (χ3v) is 4.10. The first kappa shape index (κ1) is 15.9. The maximum Gasteiger partial charge on any atom is 0.338 e. The maximum atomic E-state index is 11.8. The van der Waals surface area contributed by atoms with Crippen LogP contribution in [0.5, 0.6) is 11.5 Å². The minimum Gasteiger partial charge on any atom is -0.508 e. The smallest absolute Gasteiger partial charge is 0.338 e. The van der Waals surface area contributed by atoms with Gasteiger partial charge in [-0.3, -0.25) is 0 Å². The molecular weight excluding hydrogens is 306 g/mol. The number of hydrogen-bond donors (Lipinski definition) is 3. The summed E-state index contributed by atoms with van der Waals surface area (Å²) in [5.74, 6) is -0.743. The van der Waals surface area contributed by atoms with Crippen LogP contribution < -0.4 is 0 Å². The van der Waals surface area contributed by atoms with Crippen molar-refractivity contribution in [3.8, 4) is 11.5 Å². The van der Waals surface area contributed by atoms with E-state index in [0.717, 1.165) is 5.56 Å². The number of phenolic OH excluding ortho intramolecular Hbond substituents is 2. The number of hydrogen-bond acceptors (Lipinski definition) is 3. The van der Waals surface area contributed by atoms with Crippen molar-refractivity contribution >= 4 is 16.9 Å². The van der Waals surface area contributed by atoms with Gasteiger partial charge in [-0.15, -0.1) is 0 Å². The summed E-state index contributed by atoms with van der Waals surface area (Å²) < 4.78 is 1.90. The minimum atomic E-state index is -0.982. The lowest BCUT2D eigenvalue weighted by Gasteiger charge is -2.14. The fourth-order valence-corrected chi connectivity index (χ4v) is 3.19. The molecule has 5 heteroatoms. The number of aromatic carboxylic acids is 1. The van der Waals surface area contributed by atoms with Crippen LogP contribution in [0.15, 0.2) is 42.5 Å². The lowest BCUT2D eigenvalue weighted by atomic mass is 10.0. The van der Waals surface area contributed by atoms with Crippen LogP contribution in [0.25, 0.3) is 10.9 Å². The lowest BCUT2D eigenvalue weighted by molar-refractivity contribution is 0.0697. The Kier molecular flexibility index (Phi) is 3.93. The highest BCUT2D eigenvalue weighted by molar-refractivity contribution is 6.05. The van der Waals surface area contributed by atoms with Crippen LogP contribution in [-0.2, 0) is 6.54 Å². The Hall–Kier alpha value is -2.95. The number of fused-ring (bicyclic) bond motifs is 1. The number of aromatic nitrogens is 1. The van der Waals surface area contributed by atoms with Crippen LogP contribution in [0, 0.1) is 0 Å². The number of benzene rings is 2. The maximum absolute atomic E-state index is 11.8. The SMILES string of the molecule is CC(C)c1c(C(=O)O)c2ccc(O)cc2n1Cc1cccc(O)c1. The third kappa shape index (κ3) is 2.69. The van der Waals surface area contributed by atoms with Crippen molar-refractivity contribution in [2.75, 3.05) is 0 Å². The Balaban J connectivity index is 2.30. The number of phenols is 2. The van der Waals surface area contributed by atoms with Gasteiger partial charge in [-0.25, -0.2) is 4.79 Å². The Morgan fingerprint density at radius 3 is 2.42 bits per heavy atom. The van der Waals surface area contributed by atoms with E-state index in [1.165, 1.54) is 6.07 Å². The molecule has 3 aromatic rings. The fourth-order valence-electron chi connectivity index (χ4n) is 3.19. The number of carboxylic acid groups (broad SMARTS) is 1. The molecule has 0 bridgehead atoms. The van der Waals surface area contributed by atoms with E-state index in [1.54, 1.807) is 30.3 Å². The summed E-state index contributed by atoms with van der Waals surface area (Å²) in [6.45, 7) is 4.30. The zero-order valence-corrected chi connectivity index (χ0v) is 13.5. The normalized spacial score (nSPS) is 11.3. The van der Waals surface area contributed by atoms with Crippen molar-refractivity contribution < 1.29 is 20.1 Å². The highest BCUT2D eigenvalue weighted by Gasteiger charge is 2.24. The molecular formula is C19H19NO4. The van der Waals surface area contributed by atoms with Crippen molar-refractivity contribution in [3.63, 3.8) is 0 Å². The van der Waals surface area contributed by atoms with Crippen molar-refractivity contribution in [1.82, 2.24) is 4.57 Å². The van der Waals surface area contributed by atoms with Crippen LogP contribution in [0.2, 0.25) is 0 Å². The van der Waals surface area contributed by atoms with Crippen molar-refractivity contribution in [2.24, 2.45) is 0 Å². The predicted octanol–water partition coefficient (Wildman–Crippen LogP) is 3.92. The van der Waals surface area contributed by atoms with Gasteiger partial charge in [-0.2, -0.15) is 0 Å². The molecule has 3 N–H and O–H groups in total. The van der Waals surface area contributed by atoms with E-state index in [0.29, 0.717) is 23.1 Å². The summed E-state index contributed by atoms with van der Waals surface area (Å²) in [6.07, 6.45) is 0. The first-order valence-electron chi connectivity index (χ1n) is 7.74. The van der Waals surface area contributed by atoms with Gasteiger partial charge >= 0.3 is 5.97 Å². The number of carbonyl (C=O) groups is 1. The summed E-state index contributed by atoms with van der Waals surface area (Å²) in [6, 6.07) is 11.6. The molecule has 3 rings (SSSR count). The molecule has 0 unspecified atom stereocenters. The summed E-state index contributed by atoms with van der Waals surface area (Å²) in [5, 5.41) is 29.8. The minimum absolute atomic E-state index is 0.0112. The zero-order valence-electron chi connectivity index (χ0n) is 13.5. The van der Waals surface area contributed by atoms with E-state index >= 15 is 0 Å². The molecule has 0 atom stereocenters. The second-order valence-corrected chi connectivity index (χ2v) is 6.18. The van der Waals surface area contributed by atoms with Crippen LogP contribution in [0.1, 0.15) is 41.4 Å². The van der Waals surface area contributed by atoms with E-state index < -0.39 is 5.97 Å². The van der Waals surface area contributed by atoms with Crippen LogP contribution in [-0.4, -0.2) is 25.9 Å². The number of carboxylic acids is 1. The van der Waals surface area contributed by atoms with E-state index in [9.17, 15) is 20.1 Å². The molecule has 1 heterocycles. The largest absolute Gasteiger partial charge is 0.508 e. The van der Waals surface area contributed by atoms with Gasteiger partial charge in [-0.1, -0.05) is 26.0 Å². The molecule has 2 aromatic carbocycles. The summed E-state index contributed by atoms with van der Waals surface area (Å²) in [4.78, 5) is 11.8. The molecule has 124 valence electrons. The monoisotopic (exact) mass is 325 g/mol. The van der Waals surface area contributed by atoms with Gasteiger partial charge in [0.1, 0.15) is 11.5 Å². The van der Waals surface area contributed by atoms with Gasteiger partial charge in [0.25, 0.3) is 0 Å². The standard InChI is InChI=1S/C19H19NO4/c1-11(2)18-17(19(23)24)15-7-6-14(22)9-16(15)20(18)10-12-4-3-5-13(21)8-12/h3-9,11,21-22H,10H2,1-2H3,(H,23,24). The highest BCUT2D eigenvalue weighted by atomic mass is 16.4. The van der Waals surface area contributed by atoms with Gasteiger partial charge in [0, 0.05) is 23.7 Å². The Morgan fingerprint density at radius 1 is 1.08 bits per heavy atom. The van der Waals surface area contributed by atoms with E-state index in [4.69, 9.17) is 0 Å². The summed E-state index contributed by atoms with van der Waals surface area (Å²) in [7, 11) is 0. The molecule has 0 radical (unpaired) electrons. The first-order chi connectivity index (χ1) is 11.4. The van der Waals surface area contributed by atoms with Gasteiger partial charge in [-0.05, 0) is 35.7 Å². The summed E-state index contributed by atoms with van der Waals surface area (Å²) in [5.41, 5.74) is 2.49. The Bertz CT molecular complexity index is 925. The van der Waals surface area contributed by atoms with Gasteiger partial charge in [0.05, 0.1) is 11.1 Å². The molecule has 5 nitrogen and oxygen atoms in total. The second-order valence-electron chi connectivity index (χ2n) is 6.18. The topological polar surface area (TPSA) is 82.7 Å². The molecule has 0 saturated carbocycles. The first-order valence-corrected chi connectivity index (χ1v) is 7.74.